The number of ether oxygens (including phenoxy) is 2. The van der Waals surface area contributed by atoms with Gasteiger partial charge >= 0.3 is 6.03 Å². The molecular formula is C11H17IN2O7. The van der Waals surface area contributed by atoms with E-state index >= 15 is 0 Å². The van der Waals surface area contributed by atoms with Gasteiger partial charge in [-0.15, -0.1) is 0 Å². The zero-order valence-electron chi connectivity index (χ0n) is 11.2. The van der Waals surface area contributed by atoms with Crippen molar-refractivity contribution in [1.29, 1.82) is 0 Å². The van der Waals surface area contributed by atoms with Crippen LogP contribution >= 0.6 is 22.6 Å². The third-order valence-electron chi connectivity index (χ3n) is 3.37. The third kappa shape index (κ3) is 3.00. The maximum atomic E-state index is 12.0. The summed E-state index contributed by atoms with van der Waals surface area (Å²) in [7, 11) is 0. The number of carbonyl (C=O) groups excluding carboxylic acids is 2. The molecule has 0 radical (unpaired) electrons. The summed E-state index contributed by atoms with van der Waals surface area (Å²) in [5.41, 5.74) is 0. The molecule has 3 amide bonds. The molecule has 0 aliphatic carbocycles. The number of aliphatic hydroxyl groups is 3. The summed E-state index contributed by atoms with van der Waals surface area (Å²) in [6.45, 7) is 1.45. The number of alkyl halides is 1. The largest absolute Gasteiger partial charge is 0.394 e. The van der Waals surface area contributed by atoms with Gasteiger partial charge in [0, 0.05) is 6.61 Å². The van der Waals surface area contributed by atoms with Crippen LogP contribution in [0.25, 0.3) is 0 Å². The molecule has 0 saturated carbocycles. The van der Waals surface area contributed by atoms with E-state index in [9.17, 15) is 19.8 Å². The van der Waals surface area contributed by atoms with Crippen LogP contribution in [0.1, 0.15) is 6.92 Å². The zero-order valence-corrected chi connectivity index (χ0v) is 13.3. The Kier molecular flexibility index (Phi) is 5.38. The molecule has 6 atom stereocenters. The average molecular weight is 416 g/mol. The van der Waals surface area contributed by atoms with Crippen LogP contribution in [0.2, 0.25) is 0 Å². The quantitative estimate of drug-likeness (QED) is 0.313. The Morgan fingerprint density at radius 1 is 1.38 bits per heavy atom. The Morgan fingerprint density at radius 2 is 2.05 bits per heavy atom. The molecule has 0 aromatic carbocycles. The van der Waals surface area contributed by atoms with E-state index in [0.29, 0.717) is 0 Å². The Morgan fingerprint density at radius 3 is 2.57 bits per heavy atom. The van der Waals surface area contributed by atoms with Gasteiger partial charge in [-0.2, -0.15) is 0 Å². The monoisotopic (exact) mass is 416 g/mol. The Hall–Kier alpha value is -0.530. The van der Waals surface area contributed by atoms with Gasteiger partial charge in [-0.1, -0.05) is 22.6 Å². The summed E-state index contributed by atoms with van der Waals surface area (Å²) in [5.74, 6) is -0.498. The van der Waals surface area contributed by atoms with Crippen molar-refractivity contribution in [1.82, 2.24) is 10.2 Å². The number of halogens is 1. The number of imide groups is 1. The summed E-state index contributed by atoms with van der Waals surface area (Å²) in [4.78, 5) is 24.8. The molecule has 2 rings (SSSR count). The van der Waals surface area contributed by atoms with Crippen molar-refractivity contribution in [3.8, 4) is 0 Å². The van der Waals surface area contributed by atoms with E-state index in [1.807, 2.05) is 22.6 Å². The number of rotatable bonds is 4. The lowest BCUT2D eigenvalue weighted by molar-refractivity contribution is -0.158. The van der Waals surface area contributed by atoms with Crippen LogP contribution < -0.4 is 5.32 Å². The van der Waals surface area contributed by atoms with Crippen molar-refractivity contribution in [2.24, 2.45) is 0 Å². The van der Waals surface area contributed by atoms with Gasteiger partial charge in [-0.05, 0) is 6.92 Å². The van der Waals surface area contributed by atoms with Gasteiger partial charge in [0.15, 0.2) is 12.5 Å². The molecule has 2 aliphatic rings. The second-order valence-electron chi connectivity index (χ2n) is 4.68. The van der Waals surface area contributed by atoms with Crippen molar-refractivity contribution >= 4 is 34.5 Å². The van der Waals surface area contributed by atoms with Crippen LogP contribution in [0.5, 0.6) is 0 Å². The van der Waals surface area contributed by atoms with Crippen molar-refractivity contribution in [2.75, 3.05) is 13.2 Å². The Balaban J connectivity index is 2.26. The van der Waals surface area contributed by atoms with Gasteiger partial charge in [0.2, 0.25) is 5.91 Å². The summed E-state index contributed by atoms with van der Waals surface area (Å²) in [6.07, 6.45) is -5.89. The molecule has 2 aliphatic heterocycles. The molecule has 120 valence electrons. The molecule has 0 aromatic rings. The van der Waals surface area contributed by atoms with E-state index in [1.54, 1.807) is 6.92 Å². The molecule has 9 nitrogen and oxygen atoms in total. The first kappa shape index (κ1) is 16.8. The molecule has 21 heavy (non-hydrogen) atoms. The number of carbonyl (C=O) groups is 2. The highest BCUT2D eigenvalue weighted by atomic mass is 127. The fourth-order valence-electron chi connectivity index (χ4n) is 2.33. The van der Waals surface area contributed by atoms with Gasteiger partial charge in [0.25, 0.3) is 0 Å². The molecule has 2 saturated heterocycles. The van der Waals surface area contributed by atoms with Crippen LogP contribution in [0.15, 0.2) is 0 Å². The molecule has 4 N–H and O–H groups in total. The van der Waals surface area contributed by atoms with E-state index in [-0.39, 0.29) is 6.61 Å². The van der Waals surface area contributed by atoms with Crippen molar-refractivity contribution < 1.29 is 34.4 Å². The number of hydrogen-bond donors (Lipinski definition) is 4. The predicted octanol–water partition coefficient (Wildman–Crippen LogP) is -1.86. The fraction of sp³-hybridized carbons (Fsp3) is 0.818. The molecular weight excluding hydrogens is 399 g/mol. The Bertz CT molecular complexity index is 423. The molecule has 0 spiro atoms. The minimum absolute atomic E-state index is 0.246. The molecule has 0 bridgehead atoms. The van der Waals surface area contributed by atoms with Crippen LogP contribution in [0.3, 0.4) is 0 Å². The SMILES string of the molecule is CCOC1C(I)C(=O)NC(=O)N1[C@@H]1O[C@H](CO)[C@@H](O)[C@H]1O. The second kappa shape index (κ2) is 6.71. The minimum Gasteiger partial charge on any atom is -0.394 e. The molecule has 2 fully saturated rings. The summed E-state index contributed by atoms with van der Waals surface area (Å²) < 4.78 is 10.0. The number of urea groups is 1. The first-order valence-electron chi connectivity index (χ1n) is 6.43. The number of amides is 3. The first-order chi connectivity index (χ1) is 9.92. The highest BCUT2D eigenvalue weighted by Gasteiger charge is 2.52. The highest BCUT2D eigenvalue weighted by molar-refractivity contribution is 14.1. The van der Waals surface area contributed by atoms with E-state index in [0.717, 1.165) is 4.90 Å². The molecule has 2 heterocycles. The molecule has 2 unspecified atom stereocenters. The highest BCUT2D eigenvalue weighted by Crippen LogP contribution is 2.30. The van der Waals surface area contributed by atoms with Gasteiger partial charge in [0.1, 0.15) is 22.2 Å². The summed E-state index contributed by atoms with van der Waals surface area (Å²) >= 11 is 1.83. The van der Waals surface area contributed by atoms with Gasteiger partial charge in [-0.25, -0.2) is 4.79 Å². The lowest BCUT2D eigenvalue weighted by Crippen LogP contribution is -2.66. The topological polar surface area (TPSA) is 129 Å². The second-order valence-corrected chi connectivity index (χ2v) is 6.02. The van der Waals surface area contributed by atoms with Crippen LogP contribution in [-0.2, 0) is 14.3 Å². The number of hydrogen-bond acceptors (Lipinski definition) is 7. The first-order valence-corrected chi connectivity index (χ1v) is 7.68. The molecule has 10 heteroatoms. The maximum absolute atomic E-state index is 12.0. The Labute approximate surface area is 134 Å². The van der Waals surface area contributed by atoms with E-state index in [1.165, 1.54) is 0 Å². The number of nitrogens with zero attached hydrogens (tertiary/aromatic N) is 1. The van der Waals surface area contributed by atoms with Crippen molar-refractivity contribution in [2.45, 2.75) is 41.6 Å². The van der Waals surface area contributed by atoms with E-state index in [2.05, 4.69) is 5.32 Å². The molecule has 0 aromatic heterocycles. The van der Waals surface area contributed by atoms with Crippen LogP contribution in [-0.4, -0.2) is 80.1 Å². The summed E-state index contributed by atoms with van der Waals surface area (Å²) in [5, 5.41) is 31.0. The smallest absolute Gasteiger partial charge is 0.328 e. The lowest BCUT2D eigenvalue weighted by atomic mass is 10.1. The van der Waals surface area contributed by atoms with Crippen LogP contribution in [0.4, 0.5) is 4.79 Å². The van der Waals surface area contributed by atoms with E-state index in [4.69, 9.17) is 14.6 Å². The minimum atomic E-state index is -1.41. The van der Waals surface area contributed by atoms with Crippen molar-refractivity contribution in [3.05, 3.63) is 0 Å². The van der Waals surface area contributed by atoms with Crippen molar-refractivity contribution in [3.63, 3.8) is 0 Å². The lowest BCUT2D eigenvalue weighted by Gasteiger charge is -2.41. The summed E-state index contributed by atoms with van der Waals surface area (Å²) in [6, 6.07) is -0.777. The average Bonchev–Trinajstić information content (AvgIpc) is 2.73. The third-order valence-corrected chi connectivity index (χ3v) is 4.55. The van der Waals surface area contributed by atoms with Crippen LogP contribution in [0, 0.1) is 0 Å². The standard InChI is InChI=1S/C11H17IN2O7/c1-2-20-9-5(12)8(18)13-11(19)14(9)10-7(17)6(16)4(3-15)21-10/h4-7,9-10,15-17H,2-3H2,1H3,(H,13,18,19)/t4-,5?,6-,7-,9?,10-/m1/s1. The van der Waals surface area contributed by atoms with Gasteiger partial charge in [0.05, 0.1) is 6.61 Å². The predicted molar refractivity (Wildman–Crippen MR) is 76.4 cm³/mol. The zero-order chi connectivity index (χ0) is 15.7. The normalized spacial score (nSPS) is 40.5. The van der Waals surface area contributed by atoms with E-state index < -0.39 is 53.2 Å². The number of aliphatic hydroxyl groups excluding tert-OH is 3. The fourth-order valence-corrected chi connectivity index (χ4v) is 3.04. The number of nitrogens with one attached hydrogen (secondary N) is 1. The van der Waals surface area contributed by atoms with Gasteiger partial charge < -0.3 is 24.8 Å². The maximum Gasteiger partial charge on any atom is 0.328 e. The van der Waals surface area contributed by atoms with Gasteiger partial charge in [-0.3, -0.25) is 15.0 Å².